The van der Waals surface area contributed by atoms with Crippen molar-refractivity contribution in [1.82, 2.24) is 9.38 Å². The summed E-state index contributed by atoms with van der Waals surface area (Å²) in [5, 5.41) is 6.47. The fourth-order valence-electron chi connectivity index (χ4n) is 4.11. The lowest BCUT2D eigenvalue weighted by atomic mass is 10.2. The van der Waals surface area contributed by atoms with Crippen molar-refractivity contribution in [2.45, 2.75) is 6.92 Å². The van der Waals surface area contributed by atoms with Gasteiger partial charge in [0.25, 0.3) is 0 Å². The van der Waals surface area contributed by atoms with E-state index < -0.39 is 7.26 Å². The number of halogens is 2. The van der Waals surface area contributed by atoms with Crippen molar-refractivity contribution in [2.24, 2.45) is 0 Å². The van der Waals surface area contributed by atoms with Gasteiger partial charge in [-0.25, -0.2) is 4.98 Å². The summed E-state index contributed by atoms with van der Waals surface area (Å²) in [4.78, 5) is 5.72. The van der Waals surface area contributed by atoms with Gasteiger partial charge in [-0.15, -0.1) is 23.7 Å². The van der Waals surface area contributed by atoms with Gasteiger partial charge in [0.2, 0.25) is 0 Å². The van der Waals surface area contributed by atoms with Crippen molar-refractivity contribution in [3.8, 4) is 11.3 Å². The molecule has 0 N–H and O–H groups in total. The highest BCUT2D eigenvalue weighted by molar-refractivity contribution is 7.95. The number of fused-ring (bicyclic) bond motifs is 1. The van der Waals surface area contributed by atoms with Gasteiger partial charge in [0.1, 0.15) is 33.8 Å². The molecule has 0 aliphatic heterocycles. The molecule has 0 unspecified atom stereocenters. The van der Waals surface area contributed by atoms with Crippen molar-refractivity contribution in [1.29, 1.82) is 0 Å². The van der Waals surface area contributed by atoms with Crippen molar-refractivity contribution in [3.63, 3.8) is 0 Å². The van der Waals surface area contributed by atoms with E-state index in [0.29, 0.717) is 0 Å². The first-order valence-electron chi connectivity index (χ1n) is 9.69. The lowest BCUT2D eigenvalue weighted by molar-refractivity contribution is -0.00000592. The standard InChI is InChI=1S/C25H22N2PS.2ClH/c1-19-26-17-25-27(19)23(18-29-25)22-15-9-10-16-24(22)28(2,20-11-5-3-6-12-20)21-13-7-4-8-14-21;;/h3-18H,1-2H3;2*1H/q+1;;/p-1. The van der Waals surface area contributed by atoms with Crippen LogP contribution in [0.5, 0.6) is 0 Å². The minimum absolute atomic E-state index is 0. The highest BCUT2D eigenvalue weighted by Crippen LogP contribution is 2.53. The summed E-state index contributed by atoms with van der Waals surface area (Å²) in [6.45, 7) is 4.52. The lowest BCUT2D eigenvalue weighted by Gasteiger charge is -2.25. The summed E-state index contributed by atoms with van der Waals surface area (Å²) in [5.41, 5.74) is 2.53. The van der Waals surface area contributed by atoms with E-state index in [0.717, 1.165) is 5.82 Å². The summed E-state index contributed by atoms with van der Waals surface area (Å²) < 4.78 is 2.28. The Bertz CT molecular complexity index is 1240. The molecule has 0 radical (unpaired) electrons. The number of aryl methyl sites for hydroxylation is 1. The van der Waals surface area contributed by atoms with Crippen LogP contribution in [0.25, 0.3) is 16.1 Å². The third-order valence-electron chi connectivity index (χ3n) is 5.65. The van der Waals surface area contributed by atoms with Crippen LogP contribution >= 0.6 is 31.0 Å². The molecule has 0 spiro atoms. The summed E-state index contributed by atoms with van der Waals surface area (Å²) in [6.07, 6.45) is 1.97. The zero-order valence-electron chi connectivity index (χ0n) is 17.3. The fraction of sp³-hybridized carbons (Fsp3) is 0.0800. The lowest BCUT2D eigenvalue weighted by Crippen LogP contribution is -3.00. The summed E-state index contributed by atoms with van der Waals surface area (Å²) in [7, 11) is -1.81. The first kappa shape index (κ1) is 23.5. The topological polar surface area (TPSA) is 17.3 Å². The molecule has 2 aromatic heterocycles. The van der Waals surface area contributed by atoms with Gasteiger partial charge in [0, 0.05) is 10.9 Å². The van der Waals surface area contributed by atoms with Crippen LogP contribution in [0, 0.1) is 6.92 Å². The van der Waals surface area contributed by atoms with E-state index in [1.54, 1.807) is 11.3 Å². The Morgan fingerprint density at radius 2 is 1.35 bits per heavy atom. The van der Waals surface area contributed by atoms with Gasteiger partial charge in [-0.05, 0) is 43.3 Å². The Morgan fingerprint density at radius 1 is 0.806 bits per heavy atom. The molecular weight excluding hydrogens is 462 g/mol. The number of hydrogen-bond acceptors (Lipinski definition) is 2. The second kappa shape index (κ2) is 9.54. The number of imidazole rings is 1. The highest BCUT2D eigenvalue weighted by atomic mass is 35.5. The molecule has 31 heavy (non-hydrogen) atoms. The van der Waals surface area contributed by atoms with E-state index in [2.05, 4.69) is 113 Å². The highest BCUT2D eigenvalue weighted by Gasteiger charge is 2.42. The molecule has 2 heterocycles. The normalized spacial score (nSPS) is 11.0. The average molecular weight is 485 g/mol. The Morgan fingerprint density at radius 3 is 1.97 bits per heavy atom. The number of rotatable bonds is 4. The van der Waals surface area contributed by atoms with Gasteiger partial charge in [-0.1, -0.05) is 48.5 Å². The Hall–Kier alpha value is -2.16. The van der Waals surface area contributed by atoms with E-state index in [1.165, 1.54) is 32.0 Å². The zero-order valence-corrected chi connectivity index (χ0v) is 20.6. The molecule has 158 valence electrons. The molecule has 0 saturated carbocycles. The second-order valence-electron chi connectivity index (χ2n) is 7.29. The monoisotopic (exact) mass is 484 g/mol. The molecule has 0 atom stereocenters. The molecular formula is C25H23Cl2N2PS. The second-order valence-corrected chi connectivity index (χ2v) is 11.7. The van der Waals surface area contributed by atoms with Crippen LogP contribution in [0.3, 0.4) is 0 Å². The molecule has 0 saturated heterocycles. The van der Waals surface area contributed by atoms with E-state index in [9.17, 15) is 0 Å². The van der Waals surface area contributed by atoms with E-state index in [1.807, 2.05) is 6.20 Å². The van der Waals surface area contributed by atoms with Crippen molar-refractivity contribution < 1.29 is 12.4 Å². The Labute approximate surface area is 200 Å². The van der Waals surface area contributed by atoms with Gasteiger partial charge >= 0.3 is 0 Å². The molecule has 5 aromatic rings. The molecule has 2 nitrogen and oxygen atoms in total. The van der Waals surface area contributed by atoms with Crippen LogP contribution in [-0.4, -0.2) is 16.0 Å². The summed E-state index contributed by atoms with van der Waals surface area (Å²) >= 11 is 1.75. The maximum atomic E-state index is 4.53. The molecule has 0 aliphatic rings. The predicted molar refractivity (Wildman–Crippen MR) is 135 cm³/mol. The molecule has 0 fully saturated rings. The summed E-state index contributed by atoms with van der Waals surface area (Å²) in [6, 6.07) is 30.8. The minimum atomic E-state index is -1.81. The fourth-order valence-corrected chi connectivity index (χ4v) is 8.47. The van der Waals surface area contributed by atoms with Crippen LogP contribution < -0.4 is 28.3 Å². The van der Waals surface area contributed by atoms with Gasteiger partial charge in [0.15, 0.2) is 0 Å². The first-order valence-corrected chi connectivity index (χ1v) is 12.8. The van der Waals surface area contributed by atoms with Gasteiger partial charge in [0.05, 0.1) is 18.6 Å². The third kappa shape index (κ3) is 3.92. The van der Waals surface area contributed by atoms with E-state index in [4.69, 9.17) is 0 Å². The van der Waals surface area contributed by atoms with Crippen molar-refractivity contribution in [2.75, 3.05) is 6.66 Å². The molecule has 3 aromatic carbocycles. The third-order valence-corrected chi connectivity index (χ3v) is 10.5. The molecule has 0 amide bonds. The first-order chi connectivity index (χ1) is 14.2. The maximum absolute atomic E-state index is 4.53. The van der Waals surface area contributed by atoms with Crippen LogP contribution in [0.4, 0.5) is 0 Å². The number of thiazole rings is 1. The van der Waals surface area contributed by atoms with Crippen molar-refractivity contribution in [3.05, 3.63) is 102 Å². The Kier molecular flexibility index (Phi) is 7.24. The van der Waals surface area contributed by atoms with Gasteiger partial charge < -0.3 is 12.4 Å². The maximum Gasteiger partial charge on any atom is 0.120 e. The Balaban J connectivity index is 0.00000136. The van der Waals surface area contributed by atoms with Crippen LogP contribution in [-0.2, 0) is 0 Å². The van der Waals surface area contributed by atoms with Crippen LogP contribution in [0.1, 0.15) is 5.82 Å². The van der Waals surface area contributed by atoms with E-state index in [-0.39, 0.29) is 24.8 Å². The number of nitrogens with zero attached hydrogens (tertiary/aromatic N) is 2. The largest absolute Gasteiger partial charge is 1.00 e. The molecule has 0 aliphatic carbocycles. The van der Waals surface area contributed by atoms with Gasteiger partial charge in [-0.3, -0.25) is 4.40 Å². The number of aromatic nitrogens is 2. The predicted octanol–water partition coefficient (Wildman–Crippen LogP) is 2.72. The van der Waals surface area contributed by atoms with Gasteiger partial charge in [-0.2, -0.15) is 0 Å². The minimum Gasteiger partial charge on any atom is -1.00 e. The number of benzene rings is 3. The van der Waals surface area contributed by atoms with Crippen LogP contribution in [0.15, 0.2) is 96.5 Å². The smallest absolute Gasteiger partial charge is 0.120 e. The molecule has 6 heteroatoms. The van der Waals surface area contributed by atoms with E-state index >= 15 is 0 Å². The van der Waals surface area contributed by atoms with Crippen LogP contribution in [0.2, 0.25) is 0 Å². The SMILES string of the molecule is Cc1ncc2scc(-c3ccccc3[P+](C)(c3ccccc3)c3ccccc3)n12.Cl.[Cl-]. The summed E-state index contributed by atoms with van der Waals surface area (Å²) in [5.74, 6) is 1.03. The van der Waals surface area contributed by atoms with Crippen molar-refractivity contribution >= 4 is 51.8 Å². The quantitative estimate of drug-likeness (QED) is 0.358. The molecule has 5 rings (SSSR count). The number of hydrogen-bond donors (Lipinski definition) is 0. The molecule has 0 bridgehead atoms. The average Bonchev–Trinajstić information content (AvgIpc) is 3.37. The zero-order chi connectivity index (χ0) is 19.8.